The van der Waals surface area contributed by atoms with E-state index in [0.717, 1.165) is 64.0 Å². The van der Waals surface area contributed by atoms with Crippen LogP contribution in [0.25, 0.3) is 0 Å². The van der Waals surface area contributed by atoms with Gasteiger partial charge in [-0.25, -0.2) is 0 Å². The Kier molecular flexibility index (Phi) is 5.58. The van der Waals surface area contributed by atoms with Crippen molar-refractivity contribution in [2.45, 2.75) is 13.8 Å². The molecule has 1 aromatic carbocycles. The molecule has 6 nitrogen and oxygen atoms in total. The summed E-state index contributed by atoms with van der Waals surface area (Å²) >= 11 is 0. The van der Waals surface area contributed by atoms with Crippen LogP contribution in [0.1, 0.15) is 13.8 Å². The molecule has 0 unspecified atom stereocenters. The van der Waals surface area contributed by atoms with Crippen molar-refractivity contribution < 1.29 is 14.3 Å². The summed E-state index contributed by atoms with van der Waals surface area (Å²) in [4.78, 5) is 16.8. The van der Waals surface area contributed by atoms with Crippen LogP contribution in [-0.4, -0.2) is 58.5 Å². The van der Waals surface area contributed by atoms with Gasteiger partial charge in [-0.15, -0.1) is 0 Å². The van der Waals surface area contributed by atoms with Gasteiger partial charge in [0.15, 0.2) is 0 Å². The molecule has 2 heterocycles. The summed E-state index contributed by atoms with van der Waals surface area (Å²) in [5, 5.41) is 3.07. The molecule has 1 amide bonds. The van der Waals surface area contributed by atoms with Gasteiger partial charge in [-0.1, -0.05) is 13.8 Å². The molecule has 1 N–H and O–H groups in total. The standard InChI is InChI=1S/C18H27N3O3/c1-14(2)18(22)19-16-4-3-15(20-5-9-23-10-6-20)13-17(16)21-7-11-24-12-8-21/h3-4,13-14H,5-12H2,1-2H3,(H,19,22). The molecule has 2 aliphatic heterocycles. The van der Waals surface area contributed by atoms with Crippen LogP contribution >= 0.6 is 0 Å². The highest BCUT2D eigenvalue weighted by Crippen LogP contribution is 2.32. The van der Waals surface area contributed by atoms with E-state index in [4.69, 9.17) is 9.47 Å². The highest BCUT2D eigenvalue weighted by atomic mass is 16.5. The molecule has 2 saturated heterocycles. The molecular weight excluding hydrogens is 306 g/mol. The van der Waals surface area contributed by atoms with Crippen LogP contribution in [0, 0.1) is 5.92 Å². The minimum Gasteiger partial charge on any atom is -0.378 e. The SMILES string of the molecule is CC(C)C(=O)Nc1ccc(N2CCOCC2)cc1N1CCOCC1. The van der Waals surface area contributed by atoms with Gasteiger partial charge in [-0.3, -0.25) is 4.79 Å². The number of morpholine rings is 2. The van der Waals surface area contributed by atoms with Crippen LogP contribution in [0.3, 0.4) is 0 Å². The van der Waals surface area contributed by atoms with Crippen molar-refractivity contribution in [3.05, 3.63) is 18.2 Å². The summed E-state index contributed by atoms with van der Waals surface area (Å²) in [6.45, 7) is 10.3. The second kappa shape index (κ2) is 7.85. The number of hydrogen-bond acceptors (Lipinski definition) is 5. The predicted molar refractivity (Wildman–Crippen MR) is 96.0 cm³/mol. The molecule has 24 heavy (non-hydrogen) atoms. The molecule has 2 fully saturated rings. The maximum absolute atomic E-state index is 12.2. The van der Waals surface area contributed by atoms with Crippen molar-refractivity contribution in [2.75, 3.05) is 67.7 Å². The van der Waals surface area contributed by atoms with Crippen LogP contribution in [0.2, 0.25) is 0 Å². The van der Waals surface area contributed by atoms with Gasteiger partial charge in [-0.05, 0) is 18.2 Å². The van der Waals surface area contributed by atoms with Crippen LogP contribution in [0.5, 0.6) is 0 Å². The van der Waals surface area contributed by atoms with E-state index in [-0.39, 0.29) is 11.8 Å². The summed E-state index contributed by atoms with van der Waals surface area (Å²) < 4.78 is 10.9. The lowest BCUT2D eigenvalue weighted by Crippen LogP contribution is -2.38. The first-order valence-electron chi connectivity index (χ1n) is 8.75. The van der Waals surface area contributed by atoms with Crippen molar-refractivity contribution in [1.29, 1.82) is 0 Å². The largest absolute Gasteiger partial charge is 0.378 e. The van der Waals surface area contributed by atoms with Crippen molar-refractivity contribution >= 4 is 23.0 Å². The summed E-state index contributed by atoms with van der Waals surface area (Å²) in [6.07, 6.45) is 0. The number of rotatable bonds is 4. The predicted octanol–water partition coefficient (Wildman–Crippen LogP) is 1.95. The lowest BCUT2D eigenvalue weighted by Gasteiger charge is -2.33. The molecule has 0 aliphatic carbocycles. The van der Waals surface area contributed by atoms with E-state index in [1.54, 1.807) is 0 Å². The number of benzene rings is 1. The van der Waals surface area contributed by atoms with E-state index in [2.05, 4.69) is 27.2 Å². The van der Waals surface area contributed by atoms with Crippen molar-refractivity contribution in [3.63, 3.8) is 0 Å². The Morgan fingerprint density at radius 2 is 1.58 bits per heavy atom. The first kappa shape index (κ1) is 17.0. The second-order valence-corrected chi connectivity index (χ2v) is 6.54. The number of amides is 1. The fourth-order valence-corrected chi connectivity index (χ4v) is 2.99. The third-order valence-corrected chi connectivity index (χ3v) is 4.49. The number of nitrogens with one attached hydrogen (secondary N) is 1. The van der Waals surface area contributed by atoms with E-state index in [9.17, 15) is 4.79 Å². The fourth-order valence-electron chi connectivity index (χ4n) is 2.99. The molecule has 0 radical (unpaired) electrons. The van der Waals surface area contributed by atoms with Gasteiger partial charge < -0.3 is 24.6 Å². The first-order chi connectivity index (χ1) is 11.6. The summed E-state index contributed by atoms with van der Waals surface area (Å²) in [6, 6.07) is 6.30. The molecular formula is C18H27N3O3. The molecule has 0 aromatic heterocycles. The van der Waals surface area contributed by atoms with Crippen LogP contribution in [0.15, 0.2) is 18.2 Å². The average molecular weight is 333 g/mol. The monoisotopic (exact) mass is 333 g/mol. The Balaban J connectivity index is 1.87. The zero-order valence-electron chi connectivity index (χ0n) is 14.6. The molecule has 0 bridgehead atoms. The van der Waals surface area contributed by atoms with Gasteiger partial charge in [0.2, 0.25) is 5.91 Å². The van der Waals surface area contributed by atoms with Crippen LogP contribution in [-0.2, 0) is 14.3 Å². The number of nitrogens with zero attached hydrogens (tertiary/aromatic N) is 2. The molecule has 132 valence electrons. The van der Waals surface area contributed by atoms with E-state index >= 15 is 0 Å². The van der Waals surface area contributed by atoms with Crippen molar-refractivity contribution in [1.82, 2.24) is 0 Å². The van der Waals surface area contributed by atoms with Gasteiger partial charge in [0.25, 0.3) is 0 Å². The maximum Gasteiger partial charge on any atom is 0.226 e. The second-order valence-electron chi connectivity index (χ2n) is 6.54. The van der Waals surface area contributed by atoms with E-state index in [1.165, 1.54) is 5.69 Å². The van der Waals surface area contributed by atoms with Gasteiger partial charge in [0.05, 0.1) is 37.8 Å². The molecule has 3 rings (SSSR count). The summed E-state index contributed by atoms with van der Waals surface area (Å²) in [5.41, 5.74) is 3.14. The van der Waals surface area contributed by atoms with Crippen LogP contribution in [0.4, 0.5) is 17.1 Å². The number of carbonyl (C=O) groups is 1. The Morgan fingerprint density at radius 3 is 2.17 bits per heavy atom. The number of ether oxygens (including phenoxy) is 2. The van der Waals surface area contributed by atoms with E-state index in [1.807, 2.05) is 19.9 Å². The molecule has 2 aliphatic rings. The zero-order valence-corrected chi connectivity index (χ0v) is 14.6. The minimum atomic E-state index is -0.0403. The highest BCUT2D eigenvalue weighted by Gasteiger charge is 2.20. The maximum atomic E-state index is 12.2. The van der Waals surface area contributed by atoms with Crippen LogP contribution < -0.4 is 15.1 Å². The molecule has 0 atom stereocenters. The zero-order chi connectivity index (χ0) is 16.9. The third-order valence-electron chi connectivity index (χ3n) is 4.49. The van der Waals surface area contributed by atoms with Gasteiger partial charge >= 0.3 is 0 Å². The quantitative estimate of drug-likeness (QED) is 0.913. The number of hydrogen-bond donors (Lipinski definition) is 1. The van der Waals surface area contributed by atoms with E-state index in [0.29, 0.717) is 0 Å². The Labute approximate surface area is 143 Å². The van der Waals surface area contributed by atoms with Crippen molar-refractivity contribution in [3.8, 4) is 0 Å². The normalized spacial score (nSPS) is 18.8. The van der Waals surface area contributed by atoms with Gasteiger partial charge in [0.1, 0.15) is 0 Å². The molecule has 6 heteroatoms. The highest BCUT2D eigenvalue weighted by molar-refractivity contribution is 5.96. The average Bonchev–Trinajstić information content (AvgIpc) is 2.63. The van der Waals surface area contributed by atoms with E-state index < -0.39 is 0 Å². The topological polar surface area (TPSA) is 54.0 Å². The van der Waals surface area contributed by atoms with Crippen molar-refractivity contribution in [2.24, 2.45) is 5.92 Å². The Morgan fingerprint density at radius 1 is 1.00 bits per heavy atom. The molecule has 0 spiro atoms. The number of anilines is 3. The summed E-state index contributed by atoms with van der Waals surface area (Å²) in [7, 11) is 0. The summed E-state index contributed by atoms with van der Waals surface area (Å²) in [5.74, 6) is 0.00471. The van der Waals surface area contributed by atoms with Gasteiger partial charge in [-0.2, -0.15) is 0 Å². The molecule has 0 saturated carbocycles. The fraction of sp³-hybridized carbons (Fsp3) is 0.611. The van der Waals surface area contributed by atoms with Gasteiger partial charge in [0, 0.05) is 37.8 Å². The third kappa shape index (κ3) is 3.99. The lowest BCUT2D eigenvalue weighted by atomic mass is 10.1. The Hall–Kier alpha value is -1.79. The number of carbonyl (C=O) groups excluding carboxylic acids is 1. The lowest BCUT2D eigenvalue weighted by molar-refractivity contribution is -0.118. The first-order valence-corrected chi connectivity index (χ1v) is 8.75. The minimum absolute atomic E-state index is 0.0403. The smallest absolute Gasteiger partial charge is 0.226 e. The molecule has 1 aromatic rings. The Bertz CT molecular complexity index is 565.